The van der Waals surface area contributed by atoms with Gasteiger partial charge in [0.2, 0.25) is 0 Å². The average molecular weight is 332 g/mol. The van der Waals surface area contributed by atoms with Gasteiger partial charge in [0, 0.05) is 0 Å². The molecule has 0 heterocycles. The summed E-state index contributed by atoms with van der Waals surface area (Å²) in [6.45, 7) is 0. The van der Waals surface area contributed by atoms with Gasteiger partial charge in [-0.3, -0.25) is 4.79 Å². The molecular formula is C22H20O3. The maximum Gasteiger partial charge on any atom is 0.309 e. The molecule has 3 aromatic rings. The van der Waals surface area contributed by atoms with E-state index in [4.69, 9.17) is 9.47 Å². The summed E-state index contributed by atoms with van der Waals surface area (Å²) in [6.07, 6.45) is 0.0752. The number of ether oxygens (including phenoxy) is 2. The largest absolute Gasteiger partial charge is 0.481 e. The lowest BCUT2D eigenvalue weighted by atomic mass is 10.0. The van der Waals surface area contributed by atoms with Crippen LogP contribution in [0, 0.1) is 0 Å². The third-order valence-corrected chi connectivity index (χ3v) is 3.96. The fourth-order valence-corrected chi connectivity index (χ4v) is 2.64. The second-order valence-electron chi connectivity index (χ2n) is 5.72. The van der Waals surface area contributed by atoms with E-state index in [2.05, 4.69) is 24.3 Å². The molecule has 126 valence electrons. The predicted molar refractivity (Wildman–Crippen MR) is 97.5 cm³/mol. The fourth-order valence-electron chi connectivity index (χ4n) is 2.64. The van der Waals surface area contributed by atoms with E-state index < -0.39 is 0 Å². The summed E-state index contributed by atoms with van der Waals surface area (Å²) >= 11 is 0. The van der Waals surface area contributed by atoms with Crippen molar-refractivity contribution in [2.45, 2.75) is 12.5 Å². The van der Waals surface area contributed by atoms with Gasteiger partial charge in [-0.1, -0.05) is 72.8 Å². The standard InChI is InChI=1S/C22H20O3/c1-24-21(23)16-17-12-14-20(15-13-17)25-22(18-8-4-2-5-9-18)19-10-6-3-7-11-19/h2-15,22H,16H2,1H3. The molecule has 0 N–H and O–H groups in total. The Balaban J connectivity index is 1.82. The second kappa shape index (κ2) is 8.15. The fraction of sp³-hybridized carbons (Fsp3) is 0.136. The third kappa shape index (κ3) is 4.48. The zero-order valence-electron chi connectivity index (χ0n) is 14.1. The van der Waals surface area contributed by atoms with Crippen LogP contribution in [0.5, 0.6) is 5.75 Å². The Kier molecular flexibility index (Phi) is 5.47. The molecule has 3 nitrogen and oxygen atoms in total. The first-order valence-corrected chi connectivity index (χ1v) is 8.18. The van der Waals surface area contributed by atoms with Crippen LogP contribution in [-0.4, -0.2) is 13.1 Å². The number of esters is 1. The van der Waals surface area contributed by atoms with Crippen molar-refractivity contribution in [3.63, 3.8) is 0 Å². The first-order valence-electron chi connectivity index (χ1n) is 8.18. The van der Waals surface area contributed by atoms with Crippen LogP contribution in [0.1, 0.15) is 22.8 Å². The number of methoxy groups -OCH3 is 1. The SMILES string of the molecule is COC(=O)Cc1ccc(OC(c2ccccc2)c2ccccc2)cc1. The van der Waals surface area contributed by atoms with Crippen molar-refractivity contribution in [1.82, 2.24) is 0 Å². The Hall–Kier alpha value is -3.07. The molecule has 3 rings (SSSR count). The summed E-state index contributed by atoms with van der Waals surface area (Å²) in [4.78, 5) is 11.4. The van der Waals surface area contributed by atoms with Gasteiger partial charge in [-0.05, 0) is 28.8 Å². The van der Waals surface area contributed by atoms with Gasteiger partial charge in [0.15, 0.2) is 0 Å². The van der Waals surface area contributed by atoms with Crippen molar-refractivity contribution in [1.29, 1.82) is 0 Å². The molecule has 0 spiro atoms. The minimum absolute atomic E-state index is 0.186. The molecule has 0 amide bonds. The van der Waals surface area contributed by atoms with Gasteiger partial charge in [-0.2, -0.15) is 0 Å². The monoisotopic (exact) mass is 332 g/mol. The number of rotatable bonds is 6. The molecule has 3 heteroatoms. The number of hydrogen-bond acceptors (Lipinski definition) is 3. The summed E-state index contributed by atoms with van der Waals surface area (Å²) in [5.74, 6) is 0.506. The highest BCUT2D eigenvalue weighted by Crippen LogP contribution is 2.28. The summed E-state index contributed by atoms with van der Waals surface area (Å²) in [7, 11) is 1.39. The molecule has 3 aromatic carbocycles. The van der Waals surface area contributed by atoms with Crippen LogP contribution >= 0.6 is 0 Å². The molecule has 0 atom stereocenters. The summed E-state index contributed by atoms with van der Waals surface area (Å²) in [5.41, 5.74) is 3.08. The van der Waals surface area contributed by atoms with E-state index in [1.165, 1.54) is 7.11 Å². The van der Waals surface area contributed by atoms with E-state index in [1.807, 2.05) is 60.7 Å². The summed E-state index contributed by atoms with van der Waals surface area (Å²) in [5, 5.41) is 0. The van der Waals surface area contributed by atoms with Gasteiger partial charge < -0.3 is 9.47 Å². The number of benzene rings is 3. The maximum atomic E-state index is 11.4. The molecule has 0 aromatic heterocycles. The van der Waals surface area contributed by atoms with E-state index in [-0.39, 0.29) is 18.5 Å². The summed E-state index contributed by atoms with van der Waals surface area (Å²) in [6, 6.07) is 27.8. The third-order valence-electron chi connectivity index (χ3n) is 3.96. The second-order valence-corrected chi connectivity index (χ2v) is 5.72. The highest BCUT2D eigenvalue weighted by atomic mass is 16.5. The van der Waals surface area contributed by atoms with Gasteiger partial charge in [0.25, 0.3) is 0 Å². The molecule has 0 radical (unpaired) electrons. The Morgan fingerprint density at radius 3 is 1.80 bits per heavy atom. The first-order chi connectivity index (χ1) is 12.3. The number of carbonyl (C=O) groups is 1. The molecule has 0 fully saturated rings. The molecule has 0 saturated heterocycles. The van der Waals surface area contributed by atoms with Crippen LogP contribution in [0.4, 0.5) is 0 Å². The van der Waals surface area contributed by atoms with E-state index in [9.17, 15) is 4.79 Å². The minimum atomic E-state index is -0.250. The van der Waals surface area contributed by atoms with Crippen molar-refractivity contribution in [2.75, 3.05) is 7.11 Å². The normalized spacial score (nSPS) is 10.5. The van der Waals surface area contributed by atoms with Crippen molar-refractivity contribution in [3.05, 3.63) is 102 Å². The van der Waals surface area contributed by atoms with Crippen LogP contribution in [0.25, 0.3) is 0 Å². The van der Waals surface area contributed by atoms with Gasteiger partial charge in [0.1, 0.15) is 11.9 Å². The topological polar surface area (TPSA) is 35.5 Å². The molecule has 0 aliphatic carbocycles. The van der Waals surface area contributed by atoms with Gasteiger partial charge in [-0.15, -0.1) is 0 Å². The Morgan fingerprint density at radius 1 is 0.800 bits per heavy atom. The van der Waals surface area contributed by atoms with E-state index >= 15 is 0 Å². The first kappa shape index (κ1) is 16.8. The lowest BCUT2D eigenvalue weighted by Gasteiger charge is -2.20. The lowest BCUT2D eigenvalue weighted by molar-refractivity contribution is -0.139. The van der Waals surface area contributed by atoms with E-state index in [1.54, 1.807) is 0 Å². The molecule has 0 aliphatic heterocycles. The zero-order chi connectivity index (χ0) is 17.5. The van der Waals surface area contributed by atoms with E-state index in [0.29, 0.717) is 0 Å². The maximum absolute atomic E-state index is 11.4. The molecule has 0 aliphatic rings. The van der Waals surface area contributed by atoms with Crippen molar-refractivity contribution >= 4 is 5.97 Å². The summed E-state index contributed by atoms with van der Waals surface area (Å²) < 4.78 is 11.0. The Bertz CT molecular complexity index is 756. The van der Waals surface area contributed by atoms with Crippen molar-refractivity contribution in [2.24, 2.45) is 0 Å². The lowest BCUT2D eigenvalue weighted by Crippen LogP contribution is -2.09. The highest BCUT2D eigenvalue weighted by molar-refractivity contribution is 5.72. The average Bonchev–Trinajstić information content (AvgIpc) is 2.68. The Labute approximate surface area is 147 Å². The highest BCUT2D eigenvalue weighted by Gasteiger charge is 2.15. The van der Waals surface area contributed by atoms with Gasteiger partial charge in [-0.25, -0.2) is 0 Å². The zero-order valence-corrected chi connectivity index (χ0v) is 14.1. The molecule has 0 bridgehead atoms. The van der Waals surface area contributed by atoms with Gasteiger partial charge in [0.05, 0.1) is 13.5 Å². The number of hydrogen-bond donors (Lipinski definition) is 0. The molecule has 25 heavy (non-hydrogen) atoms. The number of carbonyl (C=O) groups excluding carboxylic acids is 1. The molecular weight excluding hydrogens is 312 g/mol. The predicted octanol–water partition coefficient (Wildman–Crippen LogP) is 4.57. The van der Waals surface area contributed by atoms with Crippen molar-refractivity contribution in [3.8, 4) is 5.75 Å². The van der Waals surface area contributed by atoms with Crippen LogP contribution < -0.4 is 4.74 Å². The van der Waals surface area contributed by atoms with Crippen LogP contribution in [-0.2, 0) is 16.0 Å². The smallest absolute Gasteiger partial charge is 0.309 e. The minimum Gasteiger partial charge on any atom is -0.481 e. The van der Waals surface area contributed by atoms with Crippen LogP contribution in [0.3, 0.4) is 0 Å². The van der Waals surface area contributed by atoms with Crippen LogP contribution in [0.2, 0.25) is 0 Å². The van der Waals surface area contributed by atoms with Gasteiger partial charge >= 0.3 is 5.97 Å². The Morgan fingerprint density at radius 2 is 1.32 bits per heavy atom. The quantitative estimate of drug-likeness (QED) is 0.620. The van der Waals surface area contributed by atoms with Crippen LogP contribution in [0.15, 0.2) is 84.9 Å². The molecule has 0 unspecified atom stereocenters. The van der Waals surface area contributed by atoms with E-state index in [0.717, 1.165) is 22.4 Å². The molecule has 0 saturated carbocycles. The van der Waals surface area contributed by atoms with Crippen molar-refractivity contribution < 1.29 is 14.3 Å².